The number of likely N-dealkylation sites (N-methyl/N-ethyl adjacent to an activating group) is 1. The maximum absolute atomic E-state index is 12.4. The van der Waals surface area contributed by atoms with Crippen LogP contribution in [0.2, 0.25) is 0 Å². The van der Waals surface area contributed by atoms with Gasteiger partial charge in [0.25, 0.3) is 5.91 Å². The molecule has 0 spiro atoms. The molecule has 1 aromatic heterocycles. The molecule has 0 saturated heterocycles. The van der Waals surface area contributed by atoms with Crippen LogP contribution in [0.3, 0.4) is 0 Å². The molecule has 0 fully saturated rings. The van der Waals surface area contributed by atoms with E-state index >= 15 is 0 Å². The second-order valence-corrected chi connectivity index (χ2v) is 6.36. The number of ketones is 1. The van der Waals surface area contributed by atoms with E-state index in [1.165, 1.54) is 11.0 Å². The molecule has 0 atom stereocenters. The van der Waals surface area contributed by atoms with E-state index in [0.717, 1.165) is 11.3 Å². The topological polar surface area (TPSA) is 64.4 Å². The van der Waals surface area contributed by atoms with Crippen LogP contribution in [0, 0.1) is 0 Å². The Hall–Kier alpha value is -3.67. The minimum Gasteiger partial charge on any atom is -0.484 e. The number of nitrogens with zero attached hydrogens (tertiary/aromatic N) is 3. The minimum atomic E-state index is -0.156. The standard InChI is InChI=1S/C22H21N3O3/c1-24(2)22(27)16-28-20-10-6-7-18(13-20)21(26)12-11-17-14-23-25(15-17)19-8-4-3-5-9-19/h3-15H,16H2,1-2H3/b12-11+. The number of hydrogen-bond donors (Lipinski definition) is 0. The molecule has 0 N–H and O–H groups in total. The van der Waals surface area contributed by atoms with E-state index in [9.17, 15) is 9.59 Å². The lowest BCUT2D eigenvalue weighted by Crippen LogP contribution is -2.27. The zero-order chi connectivity index (χ0) is 19.9. The van der Waals surface area contributed by atoms with Gasteiger partial charge in [0.1, 0.15) is 5.75 Å². The largest absolute Gasteiger partial charge is 0.484 e. The molecular weight excluding hydrogens is 354 g/mol. The second kappa shape index (κ2) is 8.81. The number of hydrogen-bond acceptors (Lipinski definition) is 4. The van der Waals surface area contributed by atoms with Crippen molar-refractivity contribution in [3.05, 3.63) is 84.2 Å². The van der Waals surface area contributed by atoms with Crippen LogP contribution in [0.1, 0.15) is 15.9 Å². The molecule has 142 valence electrons. The van der Waals surface area contributed by atoms with Crippen LogP contribution in [0.4, 0.5) is 0 Å². The number of benzene rings is 2. The van der Waals surface area contributed by atoms with Crippen molar-refractivity contribution in [2.24, 2.45) is 0 Å². The predicted octanol–water partition coefficient (Wildman–Crippen LogP) is 3.24. The van der Waals surface area contributed by atoms with E-state index in [4.69, 9.17) is 4.74 Å². The van der Waals surface area contributed by atoms with Crippen molar-refractivity contribution in [2.45, 2.75) is 0 Å². The Morgan fingerprint density at radius 2 is 1.89 bits per heavy atom. The molecule has 1 amide bonds. The van der Waals surface area contributed by atoms with Crippen molar-refractivity contribution in [2.75, 3.05) is 20.7 Å². The molecule has 0 bridgehead atoms. The van der Waals surface area contributed by atoms with Crippen molar-refractivity contribution < 1.29 is 14.3 Å². The highest BCUT2D eigenvalue weighted by molar-refractivity contribution is 6.07. The first-order valence-electron chi connectivity index (χ1n) is 8.78. The number of allylic oxidation sites excluding steroid dienone is 1. The molecule has 6 nitrogen and oxygen atoms in total. The zero-order valence-electron chi connectivity index (χ0n) is 15.8. The molecule has 28 heavy (non-hydrogen) atoms. The Bertz CT molecular complexity index is 991. The first-order valence-corrected chi connectivity index (χ1v) is 8.78. The second-order valence-electron chi connectivity index (χ2n) is 6.36. The quantitative estimate of drug-likeness (QED) is 0.470. The Balaban J connectivity index is 1.65. The summed E-state index contributed by atoms with van der Waals surface area (Å²) in [5.74, 6) is 0.176. The average Bonchev–Trinajstić information content (AvgIpc) is 3.20. The maximum Gasteiger partial charge on any atom is 0.259 e. The fourth-order valence-corrected chi connectivity index (χ4v) is 2.43. The molecule has 2 aromatic carbocycles. The molecule has 3 aromatic rings. The number of carbonyl (C=O) groups is 2. The van der Waals surface area contributed by atoms with Gasteiger partial charge < -0.3 is 9.64 Å². The van der Waals surface area contributed by atoms with E-state index < -0.39 is 0 Å². The number of aromatic nitrogens is 2. The zero-order valence-corrected chi connectivity index (χ0v) is 15.8. The highest BCUT2D eigenvalue weighted by Gasteiger charge is 2.07. The molecule has 0 radical (unpaired) electrons. The fraction of sp³-hybridized carbons (Fsp3) is 0.136. The highest BCUT2D eigenvalue weighted by Crippen LogP contribution is 2.15. The summed E-state index contributed by atoms with van der Waals surface area (Å²) >= 11 is 0. The Morgan fingerprint density at radius 3 is 2.64 bits per heavy atom. The van der Waals surface area contributed by atoms with Crippen molar-refractivity contribution >= 4 is 17.8 Å². The first-order chi connectivity index (χ1) is 13.5. The van der Waals surface area contributed by atoms with Crippen LogP contribution in [0.5, 0.6) is 5.75 Å². The summed E-state index contributed by atoms with van der Waals surface area (Å²) < 4.78 is 7.20. The molecule has 0 aliphatic rings. The summed E-state index contributed by atoms with van der Waals surface area (Å²) in [5.41, 5.74) is 2.26. The first kappa shape index (κ1) is 19.1. The van der Waals surface area contributed by atoms with Crippen molar-refractivity contribution in [1.29, 1.82) is 0 Å². The van der Waals surface area contributed by atoms with Gasteiger partial charge >= 0.3 is 0 Å². The third kappa shape index (κ3) is 4.94. The Labute approximate surface area is 163 Å². The van der Waals surface area contributed by atoms with Crippen LogP contribution in [0.25, 0.3) is 11.8 Å². The van der Waals surface area contributed by atoms with Gasteiger partial charge in [-0.3, -0.25) is 9.59 Å². The SMILES string of the molecule is CN(C)C(=O)COc1cccc(C(=O)/C=C/c2cnn(-c3ccccc3)c2)c1. The van der Waals surface area contributed by atoms with E-state index in [0.29, 0.717) is 11.3 Å². The smallest absolute Gasteiger partial charge is 0.259 e. The highest BCUT2D eigenvalue weighted by atomic mass is 16.5. The van der Waals surface area contributed by atoms with E-state index in [1.807, 2.05) is 36.5 Å². The van der Waals surface area contributed by atoms with Crippen LogP contribution >= 0.6 is 0 Å². The summed E-state index contributed by atoms with van der Waals surface area (Å²) in [6, 6.07) is 16.5. The fourth-order valence-electron chi connectivity index (χ4n) is 2.43. The lowest BCUT2D eigenvalue weighted by atomic mass is 10.1. The van der Waals surface area contributed by atoms with Gasteiger partial charge in [0.05, 0.1) is 11.9 Å². The van der Waals surface area contributed by atoms with Crippen LogP contribution in [0.15, 0.2) is 73.1 Å². The van der Waals surface area contributed by atoms with E-state index in [2.05, 4.69) is 5.10 Å². The van der Waals surface area contributed by atoms with Gasteiger partial charge in [0.2, 0.25) is 0 Å². The summed E-state index contributed by atoms with van der Waals surface area (Å²) in [5, 5.41) is 4.30. The average molecular weight is 375 g/mol. The lowest BCUT2D eigenvalue weighted by Gasteiger charge is -2.11. The summed E-state index contributed by atoms with van der Waals surface area (Å²) in [4.78, 5) is 25.5. The lowest BCUT2D eigenvalue weighted by molar-refractivity contribution is -0.130. The van der Waals surface area contributed by atoms with Crippen LogP contribution in [-0.4, -0.2) is 47.1 Å². The molecule has 1 heterocycles. The Morgan fingerprint density at radius 1 is 1.11 bits per heavy atom. The van der Waals surface area contributed by atoms with Gasteiger partial charge in [-0.25, -0.2) is 4.68 Å². The maximum atomic E-state index is 12.4. The molecule has 6 heteroatoms. The third-order valence-corrected chi connectivity index (χ3v) is 4.03. The van der Waals surface area contributed by atoms with Gasteiger partial charge in [-0.05, 0) is 36.4 Å². The number of rotatable bonds is 7. The van der Waals surface area contributed by atoms with Gasteiger partial charge in [-0.2, -0.15) is 5.10 Å². The van der Waals surface area contributed by atoms with E-state index in [-0.39, 0.29) is 18.3 Å². The summed E-state index contributed by atoms with van der Waals surface area (Å²) in [7, 11) is 3.33. The number of carbonyl (C=O) groups excluding carboxylic acids is 2. The van der Waals surface area contributed by atoms with Crippen molar-refractivity contribution in [1.82, 2.24) is 14.7 Å². The number of amides is 1. The van der Waals surface area contributed by atoms with Crippen LogP contribution in [-0.2, 0) is 4.79 Å². The van der Waals surface area contributed by atoms with Crippen LogP contribution < -0.4 is 4.74 Å². The molecule has 3 rings (SSSR count). The van der Waals surface area contributed by atoms with Crippen molar-refractivity contribution in [3.8, 4) is 11.4 Å². The van der Waals surface area contributed by atoms with Gasteiger partial charge in [-0.1, -0.05) is 30.3 Å². The molecule has 0 saturated carbocycles. The van der Waals surface area contributed by atoms with E-state index in [1.54, 1.807) is 55.3 Å². The Kier molecular flexibility index (Phi) is 6.01. The molecule has 0 unspecified atom stereocenters. The molecule has 0 aliphatic heterocycles. The number of ether oxygens (including phenoxy) is 1. The van der Waals surface area contributed by atoms with Crippen molar-refractivity contribution in [3.63, 3.8) is 0 Å². The summed E-state index contributed by atoms with van der Waals surface area (Å²) in [6.07, 6.45) is 6.77. The minimum absolute atomic E-state index is 0.0703. The third-order valence-electron chi connectivity index (χ3n) is 4.03. The molecule has 0 aliphatic carbocycles. The predicted molar refractivity (Wildman–Crippen MR) is 108 cm³/mol. The summed E-state index contributed by atoms with van der Waals surface area (Å²) in [6.45, 7) is -0.0703. The monoisotopic (exact) mass is 375 g/mol. The number of para-hydroxylation sites is 1. The van der Waals surface area contributed by atoms with Gasteiger partial charge in [0, 0.05) is 31.4 Å². The molecular formula is C22H21N3O3. The van der Waals surface area contributed by atoms with Gasteiger partial charge in [0.15, 0.2) is 12.4 Å². The normalized spacial score (nSPS) is 10.8. The van der Waals surface area contributed by atoms with Gasteiger partial charge in [-0.15, -0.1) is 0 Å².